The maximum absolute atomic E-state index is 12.7. The second-order valence-electron chi connectivity index (χ2n) is 6.27. The highest BCUT2D eigenvalue weighted by Gasteiger charge is 2.26. The Morgan fingerprint density at radius 2 is 1.83 bits per heavy atom. The molecule has 1 aromatic carbocycles. The van der Waals surface area contributed by atoms with E-state index in [1.165, 1.54) is 4.88 Å². The molecule has 2 amide bonds. The average Bonchev–Trinajstić information content (AvgIpc) is 2.94. The van der Waals surface area contributed by atoms with Crippen LogP contribution in [0.3, 0.4) is 0 Å². The third-order valence-electron chi connectivity index (χ3n) is 4.49. The number of nitrogens with one attached hydrogen (secondary N) is 2. The van der Waals surface area contributed by atoms with Gasteiger partial charge in [-0.05, 0) is 56.7 Å². The normalized spacial score (nSPS) is 13.3. The molecular formula is C19H22N2O2S. The highest BCUT2D eigenvalue weighted by atomic mass is 32.1. The quantitative estimate of drug-likeness (QED) is 0.890. The lowest BCUT2D eigenvalue weighted by molar-refractivity contribution is 0.0963. The van der Waals surface area contributed by atoms with Crippen molar-refractivity contribution in [2.75, 3.05) is 12.4 Å². The van der Waals surface area contributed by atoms with E-state index in [1.54, 1.807) is 18.4 Å². The van der Waals surface area contributed by atoms with Crippen molar-refractivity contribution in [3.8, 4) is 0 Å². The fourth-order valence-electron chi connectivity index (χ4n) is 3.17. The van der Waals surface area contributed by atoms with Crippen LogP contribution in [0.1, 0.15) is 55.1 Å². The van der Waals surface area contributed by atoms with Crippen molar-refractivity contribution in [2.24, 2.45) is 0 Å². The minimum absolute atomic E-state index is 0.120. The van der Waals surface area contributed by atoms with E-state index in [2.05, 4.69) is 10.6 Å². The standard InChI is InChI=1S/C19H22N2O2S/c1-11-8-9-12(2)14(10-11)17(22)21-19-16(18(23)20-3)13-6-4-5-7-15(13)24-19/h8-10H,4-7H2,1-3H3,(H,20,23)(H,21,22). The maximum atomic E-state index is 12.7. The number of hydrogen-bond acceptors (Lipinski definition) is 3. The maximum Gasteiger partial charge on any atom is 0.256 e. The van der Waals surface area contributed by atoms with Gasteiger partial charge in [0.1, 0.15) is 5.00 Å². The topological polar surface area (TPSA) is 58.2 Å². The lowest BCUT2D eigenvalue weighted by atomic mass is 9.95. The van der Waals surface area contributed by atoms with Gasteiger partial charge < -0.3 is 10.6 Å². The first-order chi connectivity index (χ1) is 11.5. The number of rotatable bonds is 3. The number of carbonyl (C=O) groups is 2. The molecule has 2 aromatic rings. The Morgan fingerprint density at radius 1 is 1.08 bits per heavy atom. The molecule has 1 aliphatic rings. The monoisotopic (exact) mass is 342 g/mol. The van der Waals surface area contributed by atoms with Crippen molar-refractivity contribution in [3.05, 3.63) is 50.9 Å². The third-order valence-corrected chi connectivity index (χ3v) is 5.70. The molecule has 0 unspecified atom stereocenters. The first-order valence-electron chi connectivity index (χ1n) is 8.26. The van der Waals surface area contributed by atoms with Crippen LogP contribution in [-0.2, 0) is 12.8 Å². The van der Waals surface area contributed by atoms with Crippen LogP contribution >= 0.6 is 11.3 Å². The Labute approximate surface area is 146 Å². The van der Waals surface area contributed by atoms with Crippen LogP contribution in [0.4, 0.5) is 5.00 Å². The largest absolute Gasteiger partial charge is 0.355 e. The zero-order valence-electron chi connectivity index (χ0n) is 14.3. The van der Waals surface area contributed by atoms with Crippen LogP contribution in [0, 0.1) is 13.8 Å². The predicted molar refractivity (Wildman–Crippen MR) is 98.2 cm³/mol. The zero-order chi connectivity index (χ0) is 17.3. The Kier molecular flexibility index (Phi) is 4.71. The molecule has 0 bridgehead atoms. The Balaban J connectivity index is 1.97. The molecule has 0 fully saturated rings. The molecule has 2 N–H and O–H groups in total. The predicted octanol–water partition coefficient (Wildman–Crippen LogP) is 3.86. The van der Waals surface area contributed by atoms with Gasteiger partial charge in [0, 0.05) is 17.5 Å². The lowest BCUT2D eigenvalue weighted by Crippen LogP contribution is -2.22. The molecule has 1 heterocycles. The Morgan fingerprint density at radius 3 is 2.58 bits per heavy atom. The van der Waals surface area contributed by atoms with Gasteiger partial charge in [0.15, 0.2) is 0 Å². The number of fused-ring (bicyclic) bond motifs is 1. The minimum Gasteiger partial charge on any atom is -0.355 e. The Bertz CT molecular complexity index is 808. The van der Waals surface area contributed by atoms with Gasteiger partial charge in [0.05, 0.1) is 5.56 Å². The molecule has 0 saturated heterocycles. The van der Waals surface area contributed by atoms with E-state index in [0.29, 0.717) is 16.1 Å². The number of carbonyl (C=O) groups excluding carboxylic acids is 2. The summed E-state index contributed by atoms with van der Waals surface area (Å²) in [5, 5.41) is 6.37. The Hall–Kier alpha value is -2.14. The van der Waals surface area contributed by atoms with E-state index in [1.807, 2.05) is 32.0 Å². The van der Waals surface area contributed by atoms with Crippen molar-refractivity contribution in [1.82, 2.24) is 5.32 Å². The molecule has 4 nitrogen and oxygen atoms in total. The third kappa shape index (κ3) is 3.08. The molecule has 0 saturated carbocycles. The SMILES string of the molecule is CNC(=O)c1c(NC(=O)c2cc(C)ccc2C)sc2c1CCCC2. The summed E-state index contributed by atoms with van der Waals surface area (Å²) < 4.78 is 0. The van der Waals surface area contributed by atoms with Crippen molar-refractivity contribution in [1.29, 1.82) is 0 Å². The van der Waals surface area contributed by atoms with Crippen LogP contribution in [0.15, 0.2) is 18.2 Å². The van der Waals surface area contributed by atoms with E-state index in [9.17, 15) is 9.59 Å². The van der Waals surface area contributed by atoms with Crippen molar-refractivity contribution in [2.45, 2.75) is 39.5 Å². The number of amides is 2. The molecule has 24 heavy (non-hydrogen) atoms. The van der Waals surface area contributed by atoms with Crippen molar-refractivity contribution >= 4 is 28.2 Å². The summed E-state index contributed by atoms with van der Waals surface area (Å²) >= 11 is 1.55. The summed E-state index contributed by atoms with van der Waals surface area (Å²) in [6, 6.07) is 5.83. The van der Waals surface area contributed by atoms with Crippen LogP contribution in [-0.4, -0.2) is 18.9 Å². The highest BCUT2D eigenvalue weighted by Crippen LogP contribution is 2.38. The first-order valence-corrected chi connectivity index (χ1v) is 9.08. The number of benzene rings is 1. The van der Waals surface area contributed by atoms with Gasteiger partial charge in [-0.3, -0.25) is 9.59 Å². The summed E-state index contributed by atoms with van der Waals surface area (Å²) in [6.45, 7) is 3.89. The lowest BCUT2D eigenvalue weighted by Gasteiger charge is -2.12. The zero-order valence-corrected chi connectivity index (χ0v) is 15.1. The molecule has 0 radical (unpaired) electrons. The summed E-state index contributed by atoms with van der Waals surface area (Å²) in [4.78, 5) is 26.3. The van der Waals surface area contributed by atoms with Crippen LogP contribution < -0.4 is 10.6 Å². The summed E-state index contributed by atoms with van der Waals surface area (Å²) in [5.74, 6) is -0.273. The molecule has 1 aliphatic carbocycles. The van der Waals surface area contributed by atoms with Crippen molar-refractivity contribution < 1.29 is 9.59 Å². The minimum atomic E-state index is -0.153. The molecule has 126 valence electrons. The molecule has 0 spiro atoms. The van der Waals surface area contributed by atoms with Gasteiger partial charge in [-0.15, -0.1) is 11.3 Å². The molecular weight excluding hydrogens is 320 g/mol. The number of hydrogen-bond donors (Lipinski definition) is 2. The smallest absolute Gasteiger partial charge is 0.256 e. The van der Waals surface area contributed by atoms with E-state index < -0.39 is 0 Å². The molecule has 3 rings (SSSR count). The summed E-state index contributed by atoms with van der Waals surface area (Å²) in [7, 11) is 1.63. The number of anilines is 1. The van der Waals surface area contributed by atoms with Gasteiger partial charge in [0.2, 0.25) is 0 Å². The fourth-order valence-corrected chi connectivity index (χ4v) is 4.45. The number of aryl methyl sites for hydroxylation is 3. The molecule has 5 heteroatoms. The van der Waals surface area contributed by atoms with Gasteiger partial charge in [-0.2, -0.15) is 0 Å². The highest BCUT2D eigenvalue weighted by molar-refractivity contribution is 7.17. The fraction of sp³-hybridized carbons (Fsp3) is 0.368. The summed E-state index contributed by atoms with van der Waals surface area (Å²) in [6.07, 6.45) is 4.14. The second kappa shape index (κ2) is 6.77. The van der Waals surface area contributed by atoms with E-state index in [-0.39, 0.29) is 11.8 Å². The molecule has 0 atom stereocenters. The summed E-state index contributed by atoms with van der Waals surface area (Å²) in [5.41, 5.74) is 4.39. The van der Waals surface area contributed by atoms with Crippen LogP contribution in [0.2, 0.25) is 0 Å². The first kappa shape index (κ1) is 16.7. The molecule has 1 aromatic heterocycles. The number of thiophene rings is 1. The van der Waals surface area contributed by atoms with Crippen LogP contribution in [0.5, 0.6) is 0 Å². The van der Waals surface area contributed by atoms with Crippen molar-refractivity contribution in [3.63, 3.8) is 0 Å². The van der Waals surface area contributed by atoms with Gasteiger partial charge in [0.25, 0.3) is 11.8 Å². The van der Waals surface area contributed by atoms with E-state index >= 15 is 0 Å². The van der Waals surface area contributed by atoms with Gasteiger partial charge in [-0.25, -0.2) is 0 Å². The van der Waals surface area contributed by atoms with E-state index in [0.717, 1.165) is 42.4 Å². The van der Waals surface area contributed by atoms with Gasteiger partial charge in [-0.1, -0.05) is 17.7 Å². The average molecular weight is 342 g/mol. The second-order valence-corrected chi connectivity index (χ2v) is 7.37. The van der Waals surface area contributed by atoms with Gasteiger partial charge >= 0.3 is 0 Å². The van der Waals surface area contributed by atoms with E-state index in [4.69, 9.17) is 0 Å². The van der Waals surface area contributed by atoms with Crippen LogP contribution in [0.25, 0.3) is 0 Å². The molecule has 0 aliphatic heterocycles.